The Morgan fingerprint density at radius 2 is 1.71 bits per heavy atom. The van der Waals surface area contributed by atoms with E-state index in [-0.39, 0.29) is 18.4 Å². The van der Waals surface area contributed by atoms with Crippen LogP contribution in [-0.4, -0.2) is 41.4 Å². The molecule has 0 unspecified atom stereocenters. The minimum Gasteiger partial charge on any atom is -0.481 e. The summed E-state index contributed by atoms with van der Waals surface area (Å²) in [5.41, 5.74) is 0.216. The summed E-state index contributed by atoms with van der Waals surface area (Å²) in [6.45, 7) is 4.59. The van der Waals surface area contributed by atoms with Gasteiger partial charge in [-0.2, -0.15) is 0 Å². The van der Waals surface area contributed by atoms with Crippen LogP contribution < -0.4 is 5.32 Å². The van der Waals surface area contributed by atoms with Crippen LogP contribution in [0.2, 0.25) is 0 Å². The first-order valence-electron chi connectivity index (χ1n) is 6.50. The molecule has 0 bridgehead atoms. The highest BCUT2D eigenvalue weighted by Gasteiger charge is 2.29. The Morgan fingerprint density at radius 3 is 2.14 bits per heavy atom. The molecule has 1 aromatic carbocycles. The molecule has 0 aliphatic rings. The molecule has 0 atom stereocenters. The number of carboxylic acid groups (broad SMARTS) is 1. The van der Waals surface area contributed by atoms with E-state index < -0.39 is 11.4 Å². The van der Waals surface area contributed by atoms with E-state index in [4.69, 9.17) is 5.11 Å². The van der Waals surface area contributed by atoms with E-state index in [0.29, 0.717) is 11.3 Å². The Labute approximate surface area is 123 Å². The first-order chi connectivity index (χ1) is 9.64. The number of carbonyl (C=O) groups excluding carboxylic acids is 2. The Morgan fingerprint density at radius 1 is 1.19 bits per heavy atom. The van der Waals surface area contributed by atoms with Crippen LogP contribution in [0.25, 0.3) is 0 Å². The van der Waals surface area contributed by atoms with E-state index >= 15 is 0 Å². The number of carboxylic acids is 1. The number of likely N-dealkylation sites (N-methyl/N-ethyl adjacent to an activating group) is 1. The minimum atomic E-state index is -0.989. The third kappa shape index (κ3) is 4.30. The zero-order chi connectivity index (χ0) is 16.2. The van der Waals surface area contributed by atoms with Crippen molar-refractivity contribution in [1.29, 1.82) is 0 Å². The van der Waals surface area contributed by atoms with Crippen LogP contribution in [0.4, 0.5) is 5.69 Å². The Hall–Kier alpha value is -2.37. The van der Waals surface area contributed by atoms with Crippen molar-refractivity contribution in [3.8, 4) is 0 Å². The largest absolute Gasteiger partial charge is 0.481 e. The number of nitrogens with one attached hydrogen (secondary N) is 1. The zero-order valence-corrected chi connectivity index (χ0v) is 12.6. The maximum Gasteiger partial charge on any atom is 0.313 e. The van der Waals surface area contributed by atoms with Gasteiger partial charge in [0.1, 0.15) is 0 Å². The second kappa shape index (κ2) is 6.39. The molecule has 6 nitrogen and oxygen atoms in total. The molecule has 0 radical (unpaired) electrons. The van der Waals surface area contributed by atoms with Crippen molar-refractivity contribution in [2.75, 3.05) is 18.9 Å². The lowest BCUT2D eigenvalue weighted by Gasteiger charge is -2.20. The van der Waals surface area contributed by atoms with Gasteiger partial charge in [0.2, 0.25) is 11.8 Å². The smallest absolute Gasteiger partial charge is 0.313 e. The molecule has 0 aliphatic carbocycles. The van der Waals surface area contributed by atoms with Crippen molar-refractivity contribution in [3.05, 3.63) is 29.8 Å². The fraction of sp³-hybridized carbons (Fsp3) is 0.400. The molecular formula is C15H20N2O4. The third-order valence-electron chi connectivity index (χ3n) is 3.34. The highest BCUT2D eigenvalue weighted by Crippen LogP contribution is 2.24. The highest BCUT2D eigenvalue weighted by molar-refractivity contribution is 5.94. The lowest BCUT2D eigenvalue weighted by molar-refractivity contribution is -0.142. The van der Waals surface area contributed by atoms with Crippen LogP contribution >= 0.6 is 0 Å². The molecule has 21 heavy (non-hydrogen) atoms. The molecule has 2 N–H and O–H groups in total. The summed E-state index contributed by atoms with van der Waals surface area (Å²) < 4.78 is 0. The van der Waals surface area contributed by atoms with Gasteiger partial charge >= 0.3 is 5.97 Å². The summed E-state index contributed by atoms with van der Waals surface area (Å²) in [6, 6.07) is 6.62. The summed E-state index contributed by atoms with van der Waals surface area (Å²) in [5, 5.41) is 11.8. The molecule has 2 amide bonds. The second-order valence-corrected chi connectivity index (χ2v) is 5.43. The maximum atomic E-state index is 11.7. The first-order valence-corrected chi connectivity index (χ1v) is 6.50. The Balaban J connectivity index is 2.74. The normalized spacial score (nSPS) is 10.9. The average Bonchev–Trinajstić information content (AvgIpc) is 2.38. The SMILES string of the molecule is CC(=O)N(C)CC(=O)Nc1ccc(C(C)(C)C(=O)O)cc1. The number of aliphatic carboxylic acids is 1. The predicted octanol–water partition coefficient (Wildman–Crippen LogP) is 1.47. The van der Waals surface area contributed by atoms with Crippen LogP contribution in [0, 0.1) is 0 Å². The van der Waals surface area contributed by atoms with Gasteiger partial charge in [0.25, 0.3) is 0 Å². The number of hydrogen-bond acceptors (Lipinski definition) is 3. The van der Waals surface area contributed by atoms with Crippen LogP contribution in [0.1, 0.15) is 26.3 Å². The van der Waals surface area contributed by atoms with Crippen molar-refractivity contribution in [2.45, 2.75) is 26.2 Å². The molecule has 0 saturated carbocycles. The maximum absolute atomic E-state index is 11.7. The molecule has 1 aromatic rings. The van der Waals surface area contributed by atoms with Gasteiger partial charge in [0.05, 0.1) is 12.0 Å². The average molecular weight is 292 g/mol. The lowest BCUT2D eigenvalue weighted by Crippen LogP contribution is -2.33. The van der Waals surface area contributed by atoms with Gasteiger partial charge in [-0.05, 0) is 31.5 Å². The van der Waals surface area contributed by atoms with Crippen LogP contribution in [-0.2, 0) is 19.8 Å². The quantitative estimate of drug-likeness (QED) is 0.860. The van der Waals surface area contributed by atoms with Crippen LogP contribution in [0.3, 0.4) is 0 Å². The van der Waals surface area contributed by atoms with E-state index in [1.54, 1.807) is 45.2 Å². The molecule has 0 fully saturated rings. The predicted molar refractivity (Wildman–Crippen MR) is 79.0 cm³/mol. The van der Waals surface area contributed by atoms with Crippen LogP contribution in [0.5, 0.6) is 0 Å². The van der Waals surface area contributed by atoms with Crippen molar-refractivity contribution in [1.82, 2.24) is 4.90 Å². The molecule has 0 spiro atoms. The van der Waals surface area contributed by atoms with E-state index in [1.165, 1.54) is 11.8 Å². The van der Waals surface area contributed by atoms with Crippen molar-refractivity contribution >= 4 is 23.5 Å². The summed E-state index contributed by atoms with van der Waals surface area (Å²) in [4.78, 5) is 35.2. The fourth-order valence-electron chi connectivity index (χ4n) is 1.62. The van der Waals surface area contributed by atoms with Crippen molar-refractivity contribution in [3.63, 3.8) is 0 Å². The van der Waals surface area contributed by atoms with Crippen LogP contribution in [0.15, 0.2) is 24.3 Å². The van der Waals surface area contributed by atoms with Gasteiger partial charge in [0, 0.05) is 19.7 Å². The number of benzene rings is 1. The number of nitrogens with zero attached hydrogens (tertiary/aromatic N) is 1. The zero-order valence-electron chi connectivity index (χ0n) is 12.6. The topological polar surface area (TPSA) is 86.7 Å². The Bertz CT molecular complexity index is 549. The van der Waals surface area contributed by atoms with E-state index in [9.17, 15) is 14.4 Å². The number of anilines is 1. The lowest BCUT2D eigenvalue weighted by atomic mass is 9.85. The molecular weight excluding hydrogens is 272 g/mol. The summed E-state index contributed by atoms with van der Waals surface area (Å²) >= 11 is 0. The number of rotatable bonds is 5. The molecule has 1 rings (SSSR count). The molecule has 0 heterocycles. The van der Waals surface area contributed by atoms with Gasteiger partial charge in [-0.3, -0.25) is 14.4 Å². The van der Waals surface area contributed by atoms with Gasteiger partial charge in [-0.1, -0.05) is 12.1 Å². The van der Waals surface area contributed by atoms with E-state index in [0.717, 1.165) is 0 Å². The first kappa shape index (κ1) is 16.7. The van der Waals surface area contributed by atoms with E-state index in [1.807, 2.05) is 0 Å². The second-order valence-electron chi connectivity index (χ2n) is 5.43. The van der Waals surface area contributed by atoms with Gasteiger partial charge < -0.3 is 15.3 Å². The van der Waals surface area contributed by atoms with Crippen molar-refractivity contribution < 1.29 is 19.5 Å². The molecule has 0 saturated heterocycles. The van der Waals surface area contributed by atoms with Crippen molar-refractivity contribution in [2.24, 2.45) is 0 Å². The monoisotopic (exact) mass is 292 g/mol. The number of hydrogen-bond donors (Lipinski definition) is 2. The molecule has 0 aromatic heterocycles. The summed E-state index contributed by atoms with van der Waals surface area (Å²) in [7, 11) is 1.54. The van der Waals surface area contributed by atoms with Gasteiger partial charge in [0.15, 0.2) is 0 Å². The standard InChI is InChI=1S/C15H20N2O4/c1-10(18)17(4)9-13(19)16-12-7-5-11(6-8-12)15(2,3)14(20)21/h5-8H,9H2,1-4H3,(H,16,19)(H,20,21). The number of carbonyl (C=O) groups is 3. The molecule has 0 aliphatic heterocycles. The Kier molecular flexibility index (Phi) is 5.07. The number of amides is 2. The van der Waals surface area contributed by atoms with Gasteiger partial charge in [-0.25, -0.2) is 0 Å². The van der Waals surface area contributed by atoms with E-state index in [2.05, 4.69) is 5.32 Å². The summed E-state index contributed by atoms with van der Waals surface area (Å²) in [5.74, 6) is -1.41. The minimum absolute atomic E-state index is 0.0301. The molecule has 114 valence electrons. The third-order valence-corrected chi connectivity index (χ3v) is 3.34. The summed E-state index contributed by atoms with van der Waals surface area (Å²) in [6.07, 6.45) is 0. The highest BCUT2D eigenvalue weighted by atomic mass is 16.4. The fourth-order valence-corrected chi connectivity index (χ4v) is 1.62. The van der Waals surface area contributed by atoms with Gasteiger partial charge in [-0.15, -0.1) is 0 Å². The molecule has 6 heteroatoms.